The van der Waals surface area contributed by atoms with Crippen molar-refractivity contribution in [2.24, 2.45) is 10.7 Å². The van der Waals surface area contributed by atoms with E-state index in [1.54, 1.807) is 0 Å². The standard InChI is InChI=1S/C14H23N3O.HI/c1-5-18-13-8-11(4)6-7-12(13)9-16-14(15)17-10(2)3;/h6-8,10H,5,9H2,1-4H3,(H3,15,16,17);1H. The normalized spacial score (nSPS) is 11.1. The van der Waals surface area contributed by atoms with Crippen molar-refractivity contribution in [1.82, 2.24) is 5.32 Å². The molecule has 0 spiro atoms. The molecule has 0 saturated carbocycles. The van der Waals surface area contributed by atoms with Gasteiger partial charge in [-0.15, -0.1) is 24.0 Å². The molecule has 19 heavy (non-hydrogen) atoms. The molecule has 0 unspecified atom stereocenters. The SMILES string of the molecule is CCOc1cc(C)ccc1CN=C(N)NC(C)C.I. The summed E-state index contributed by atoms with van der Waals surface area (Å²) in [6.07, 6.45) is 0. The van der Waals surface area contributed by atoms with E-state index in [0.717, 1.165) is 11.3 Å². The van der Waals surface area contributed by atoms with E-state index in [4.69, 9.17) is 10.5 Å². The fraction of sp³-hybridized carbons (Fsp3) is 0.500. The van der Waals surface area contributed by atoms with Gasteiger partial charge in [0.15, 0.2) is 5.96 Å². The summed E-state index contributed by atoms with van der Waals surface area (Å²) in [5.74, 6) is 1.35. The van der Waals surface area contributed by atoms with Gasteiger partial charge in [0.1, 0.15) is 5.75 Å². The maximum absolute atomic E-state index is 5.77. The lowest BCUT2D eigenvalue weighted by Gasteiger charge is -2.11. The van der Waals surface area contributed by atoms with Crippen LogP contribution in [-0.4, -0.2) is 18.6 Å². The van der Waals surface area contributed by atoms with Gasteiger partial charge < -0.3 is 15.8 Å². The summed E-state index contributed by atoms with van der Waals surface area (Å²) in [5, 5.41) is 3.06. The van der Waals surface area contributed by atoms with E-state index in [-0.39, 0.29) is 30.0 Å². The van der Waals surface area contributed by atoms with E-state index in [1.165, 1.54) is 5.56 Å². The molecule has 1 aromatic carbocycles. The third kappa shape index (κ3) is 6.66. The number of nitrogens with two attached hydrogens (primary N) is 1. The summed E-state index contributed by atoms with van der Waals surface area (Å²) >= 11 is 0. The van der Waals surface area contributed by atoms with Gasteiger partial charge in [0.2, 0.25) is 0 Å². The largest absolute Gasteiger partial charge is 0.494 e. The van der Waals surface area contributed by atoms with Crippen LogP contribution in [0.2, 0.25) is 0 Å². The number of nitrogens with zero attached hydrogens (tertiary/aromatic N) is 1. The van der Waals surface area contributed by atoms with E-state index >= 15 is 0 Å². The van der Waals surface area contributed by atoms with Crippen LogP contribution in [0.1, 0.15) is 31.9 Å². The first kappa shape index (κ1) is 18.0. The zero-order valence-electron chi connectivity index (χ0n) is 12.1. The fourth-order valence-electron chi connectivity index (χ4n) is 1.59. The van der Waals surface area contributed by atoms with E-state index in [9.17, 15) is 0 Å². The van der Waals surface area contributed by atoms with Crippen LogP contribution in [0.3, 0.4) is 0 Å². The molecule has 0 heterocycles. The molecule has 1 rings (SSSR count). The number of guanidine groups is 1. The highest BCUT2D eigenvalue weighted by Gasteiger charge is 2.03. The summed E-state index contributed by atoms with van der Waals surface area (Å²) in [6, 6.07) is 6.41. The van der Waals surface area contributed by atoms with Gasteiger partial charge in [0.05, 0.1) is 13.2 Å². The third-order valence-electron chi connectivity index (χ3n) is 2.38. The predicted octanol–water partition coefficient (Wildman–Crippen LogP) is 2.82. The molecule has 0 saturated heterocycles. The second-order valence-electron chi connectivity index (χ2n) is 4.54. The molecule has 0 fully saturated rings. The van der Waals surface area contributed by atoms with Crippen LogP contribution >= 0.6 is 24.0 Å². The van der Waals surface area contributed by atoms with E-state index in [0.29, 0.717) is 19.1 Å². The third-order valence-corrected chi connectivity index (χ3v) is 2.38. The van der Waals surface area contributed by atoms with Crippen molar-refractivity contribution in [3.63, 3.8) is 0 Å². The molecular formula is C14H24IN3O. The number of hydrogen-bond acceptors (Lipinski definition) is 2. The zero-order valence-corrected chi connectivity index (χ0v) is 14.4. The van der Waals surface area contributed by atoms with E-state index in [2.05, 4.69) is 16.4 Å². The number of benzene rings is 1. The predicted molar refractivity (Wildman–Crippen MR) is 91.4 cm³/mol. The number of rotatable bonds is 5. The Kier molecular flexibility index (Phi) is 8.54. The zero-order chi connectivity index (χ0) is 13.5. The number of aliphatic imine (C=N–C) groups is 1. The number of ether oxygens (including phenoxy) is 1. The maximum atomic E-state index is 5.77. The Bertz CT molecular complexity index is 419. The quantitative estimate of drug-likeness (QED) is 0.471. The molecule has 4 nitrogen and oxygen atoms in total. The molecule has 0 atom stereocenters. The minimum absolute atomic E-state index is 0. The summed E-state index contributed by atoms with van der Waals surface area (Å²) in [4.78, 5) is 4.31. The molecule has 3 N–H and O–H groups in total. The molecule has 0 amide bonds. The van der Waals surface area contributed by atoms with Gasteiger partial charge in [-0.05, 0) is 39.3 Å². The number of aryl methyl sites for hydroxylation is 1. The van der Waals surface area contributed by atoms with Crippen LogP contribution in [0.15, 0.2) is 23.2 Å². The average molecular weight is 377 g/mol. The Morgan fingerprint density at radius 3 is 2.68 bits per heavy atom. The van der Waals surface area contributed by atoms with E-state index < -0.39 is 0 Å². The highest BCUT2D eigenvalue weighted by molar-refractivity contribution is 14.0. The second-order valence-corrected chi connectivity index (χ2v) is 4.54. The van der Waals surface area contributed by atoms with Crippen LogP contribution in [0.25, 0.3) is 0 Å². The van der Waals surface area contributed by atoms with Gasteiger partial charge >= 0.3 is 0 Å². The van der Waals surface area contributed by atoms with Gasteiger partial charge in [0.25, 0.3) is 0 Å². The van der Waals surface area contributed by atoms with Gasteiger partial charge in [-0.3, -0.25) is 0 Å². The molecule has 5 heteroatoms. The Hall–Kier alpha value is -0.980. The van der Waals surface area contributed by atoms with Crippen LogP contribution in [0.4, 0.5) is 0 Å². The molecule has 0 bridgehead atoms. The molecule has 0 aliphatic heterocycles. The highest BCUT2D eigenvalue weighted by atomic mass is 127. The maximum Gasteiger partial charge on any atom is 0.189 e. The van der Waals surface area contributed by atoms with Crippen molar-refractivity contribution in [1.29, 1.82) is 0 Å². The Morgan fingerprint density at radius 2 is 2.11 bits per heavy atom. The molecular weight excluding hydrogens is 353 g/mol. The number of nitrogens with one attached hydrogen (secondary N) is 1. The van der Waals surface area contributed by atoms with Gasteiger partial charge in [-0.2, -0.15) is 0 Å². The monoisotopic (exact) mass is 377 g/mol. The molecule has 0 radical (unpaired) electrons. The second kappa shape index (κ2) is 9.01. The Morgan fingerprint density at radius 1 is 1.42 bits per heavy atom. The molecule has 1 aromatic rings. The number of hydrogen-bond donors (Lipinski definition) is 2. The average Bonchev–Trinajstić information content (AvgIpc) is 2.27. The first-order valence-electron chi connectivity index (χ1n) is 6.31. The number of halogens is 1. The Balaban J connectivity index is 0.00000324. The Labute approximate surface area is 132 Å². The molecule has 0 aromatic heterocycles. The lowest BCUT2D eigenvalue weighted by atomic mass is 10.1. The van der Waals surface area contributed by atoms with Crippen molar-refractivity contribution in [2.45, 2.75) is 40.3 Å². The highest BCUT2D eigenvalue weighted by Crippen LogP contribution is 2.21. The molecule has 108 valence electrons. The summed E-state index contributed by atoms with van der Waals surface area (Å²) in [7, 11) is 0. The van der Waals surface area contributed by atoms with Gasteiger partial charge in [-0.1, -0.05) is 12.1 Å². The summed E-state index contributed by atoms with van der Waals surface area (Å²) in [5.41, 5.74) is 8.01. The van der Waals surface area contributed by atoms with Crippen LogP contribution in [-0.2, 0) is 6.54 Å². The fourth-order valence-corrected chi connectivity index (χ4v) is 1.59. The smallest absolute Gasteiger partial charge is 0.189 e. The van der Waals surface area contributed by atoms with Gasteiger partial charge in [0, 0.05) is 11.6 Å². The van der Waals surface area contributed by atoms with Crippen molar-refractivity contribution >= 4 is 29.9 Å². The van der Waals surface area contributed by atoms with Crippen molar-refractivity contribution < 1.29 is 4.74 Å². The molecule has 0 aliphatic carbocycles. The molecule has 0 aliphatic rings. The van der Waals surface area contributed by atoms with Crippen molar-refractivity contribution in [3.8, 4) is 5.75 Å². The summed E-state index contributed by atoms with van der Waals surface area (Å²) in [6.45, 7) is 9.26. The van der Waals surface area contributed by atoms with Gasteiger partial charge in [-0.25, -0.2) is 4.99 Å². The van der Waals surface area contributed by atoms with Crippen LogP contribution in [0.5, 0.6) is 5.75 Å². The minimum Gasteiger partial charge on any atom is -0.494 e. The van der Waals surface area contributed by atoms with Crippen LogP contribution < -0.4 is 15.8 Å². The van der Waals surface area contributed by atoms with Crippen LogP contribution in [0, 0.1) is 6.92 Å². The first-order chi connectivity index (χ1) is 8.52. The lowest BCUT2D eigenvalue weighted by molar-refractivity contribution is 0.336. The van der Waals surface area contributed by atoms with Crippen molar-refractivity contribution in [3.05, 3.63) is 29.3 Å². The van der Waals surface area contributed by atoms with E-state index in [1.807, 2.05) is 39.8 Å². The van der Waals surface area contributed by atoms with Crippen molar-refractivity contribution in [2.75, 3.05) is 6.61 Å². The lowest BCUT2D eigenvalue weighted by Crippen LogP contribution is -2.36. The topological polar surface area (TPSA) is 59.6 Å². The minimum atomic E-state index is 0. The first-order valence-corrected chi connectivity index (χ1v) is 6.31. The summed E-state index contributed by atoms with van der Waals surface area (Å²) < 4.78 is 5.60.